The molecule has 0 atom stereocenters. The minimum Gasteiger partial charge on any atom is -0.367 e. The van der Waals surface area contributed by atoms with E-state index < -0.39 is 22.1 Å². The van der Waals surface area contributed by atoms with Crippen molar-refractivity contribution in [2.45, 2.75) is 25.3 Å². The highest BCUT2D eigenvalue weighted by atomic mass is 32.2. The van der Waals surface area contributed by atoms with E-state index in [4.69, 9.17) is 0 Å². The zero-order valence-electron chi connectivity index (χ0n) is 14.5. The molecule has 142 valence electrons. The second-order valence-electron chi connectivity index (χ2n) is 6.64. The van der Waals surface area contributed by atoms with Crippen molar-refractivity contribution in [3.05, 3.63) is 30.1 Å². The van der Waals surface area contributed by atoms with Gasteiger partial charge in [-0.15, -0.1) is 0 Å². The molecule has 0 amide bonds. The molecule has 0 saturated carbocycles. The normalized spacial score (nSPS) is 17.1. The number of aromatic nitrogens is 2. The number of fused-ring (bicyclic) bond motifs is 1. The molecule has 0 bridgehead atoms. The topological polar surface area (TPSA) is 75.2 Å². The summed E-state index contributed by atoms with van der Waals surface area (Å²) < 4.78 is 48.7. The predicted molar refractivity (Wildman–Crippen MR) is 97.3 cm³/mol. The molecule has 1 N–H and O–H groups in total. The summed E-state index contributed by atoms with van der Waals surface area (Å²) in [5, 5.41) is 4.00. The van der Waals surface area contributed by atoms with Crippen LogP contribution in [-0.2, 0) is 9.84 Å². The quantitative estimate of drug-likeness (QED) is 0.825. The highest BCUT2D eigenvalue weighted by Gasteiger charge is 2.22. The van der Waals surface area contributed by atoms with Crippen LogP contribution in [0, 0.1) is 0 Å². The number of nitrogens with zero attached hydrogens (tertiary/aromatic N) is 3. The van der Waals surface area contributed by atoms with E-state index in [1.807, 2.05) is 12.1 Å². The number of piperidine rings is 1. The van der Waals surface area contributed by atoms with Crippen molar-refractivity contribution in [1.29, 1.82) is 0 Å². The maximum Gasteiger partial charge on any atom is 0.297 e. The number of alkyl halides is 2. The summed E-state index contributed by atoms with van der Waals surface area (Å²) in [7, 11) is -2.97. The van der Waals surface area contributed by atoms with Crippen molar-refractivity contribution in [3.63, 3.8) is 0 Å². The smallest absolute Gasteiger partial charge is 0.297 e. The van der Waals surface area contributed by atoms with Gasteiger partial charge in [-0.1, -0.05) is 12.1 Å². The Kier molecular flexibility index (Phi) is 5.67. The van der Waals surface area contributed by atoms with Crippen molar-refractivity contribution in [2.75, 3.05) is 37.0 Å². The number of likely N-dealkylation sites (tertiary alicyclic amines) is 1. The summed E-state index contributed by atoms with van der Waals surface area (Å²) >= 11 is 0. The van der Waals surface area contributed by atoms with Gasteiger partial charge in [-0.25, -0.2) is 27.2 Å². The number of halogens is 2. The van der Waals surface area contributed by atoms with Gasteiger partial charge < -0.3 is 10.2 Å². The van der Waals surface area contributed by atoms with E-state index in [-0.39, 0.29) is 11.8 Å². The van der Waals surface area contributed by atoms with Gasteiger partial charge in [-0.2, -0.15) is 0 Å². The number of nitrogens with one attached hydrogen (secondary N) is 1. The van der Waals surface area contributed by atoms with Gasteiger partial charge in [0.1, 0.15) is 15.7 Å². The number of para-hydroxylation sites is 1. The molecule has 1 fully saturated rings. The number of sulfone groups is 1. The zero-order valence-corrected chi connectivity index (χ0v) is 15.3. The fourth-order valence-electron chi connectivity index (χ4n) is 3.09. The van der Waals surface area contributed by atoms with Crippen LogP contribution in [0.4, 0.5) is 14.6 Å². The monoisotopic (exact) mass is 384 g/mol. The van der Waals surface area contributed by atoms with Crippen LogP contribution in [0.25, 0.3) is 10.9 Å². The lowest BCUT2D eigenvalue weighted by atomic mass is 10.0. The second kappa shape index (κ2) is 7.79. The van der Waals surface area contributed by atoms with Crippen LogP contribution in [0.5, 0.6) is 0 Å². The third kappa shape index (κ3) is 4.85. The summed E-state index contributed by atoms with van der Waals surface area (Å²) in [5.41, 5.74) is 0.492. The molecule has 6 nitrogen and oxygen atoms in total. The standard InChI is InChI=1S/C17H22F2N4O2S/c1-26(24,25)11-10-23-8-6-12(7-9-23)20-16-13-4-2-3-5-14(13)21-17(22-16)15(18)19/h2-5,12,15H,6-11H2,1H3,(H,20,21,22). The molecule has 0 spiro atoms. The van der Waals surface area contributed by atoms with Crippen molar-refractivity contribution >= 4 is 26.6 Å². The van der Waals surface area contributed by atoms with E-state index >= 15 is 0 Å². The first kappa shape index (κ1) is 18.9. The first-order chi connectivity index (χ1) is 12.3. The van der Waals surface area contributed by atoms with Crippen LogP contribution in [0.2, 0.25) is 0 Å². The molecule has 2 aromatic rings. The minimum absolute atomic E-state index is 0.105. The molecule has 1 aliphatic rings. The number of anilines is 1. The van der Waals surface area contributed by atoms with Crippen molar-refractivity contribution in [3.8, 4) is 0 Å². The maximum absolute atomic E-state index is 13.1. The zero-order chi connectivity index (χ0) is 18.7. The Morgan fingerprint density at radius 2 is 1.92 bits per heavy atom. The molecular weight excluding hydrogens is 362 g/mol. The van der Waals surface area contributed by atoms with Gasteiger partial charge in [-0.05, 0) is 25.0 Å². The number of hydrogen-bond acceptors (Lipinski definition) is 6. The molecule has 0 radical (unpaired) electrons. The lowest BCUT2D eigenvalue weighted by Gasteiger charge is -2.32. The van der Waals surface area contributed by atoms with Gasteiger partial charge in [0.25, 0.3) is 6.43 Å². The molecule has 9 heteroatoms. The molecule has 2 heterocycles. The molecule has 26 heavy (non-hydrogen) atoms. The van der Waals surface area contributed by atoms with Crippen LogP contribution < -0.4 is 5.32 Å². The number of benzene rings is 1. The Labute approximate surface area is 151 Å². The van der Waals surface area contributed by atoms with E-state index in [0.717, 1.165) is 31.3 Å². The van der Waals surface area contributed by atoms with Crippen LogP contribution in [0.15, 0.2) is 24.3 Å². The van der Waals surface area contributed by atoms with Crippen LogP contribution in [0.1, 0.15) is 25.1 Å². The third-order valence-electron chi connectivity index (χ3n) is 4.52. The first-order valence-corrected chi connectivity index (χ1v) is 10.6. The molecule has 1 saturated heterocycles. The van der Waals surface area contributed by atoms with Crippen molar-refractivity contribution in [2.24, 2.45) is 0 Å². The van der Waals surface area contributed by atoms with Gasteiger partial charge in [0.2, 0.25) is 0 Å². The predicted octanol–water partition coefficient (Wildman–Crippen LogP) is 2.49. The van der Waals surface area contributed by atoms with E-state index in [1.54, 1.807) is 12.1 Å². The van der Waals surface area contributed by atoms with Gasteiger partial charge in [0.15, 0.2) is 5.82 Å². The van der Waals surface area contributed by atoms with Gasteiger partial charge >= 0.3 is 0 Å². The molecule has 1 aromatic heterocycles. The summed E-state index contributed by atoms with van der Waals surface area (Å²) in [5.74, 6) is 0.108. The second-order valence-corrected chi connectivity index (χ2v) is 8.90. The van der Waals surface area contributed by atoms with E-state index in [9.17, 15) is 17.2 Å². The molecule has 0 aliphatic carbocycles. The fourth-order valence-corrected chi connectivity index (χ4v) is 3.68. The highest BCUT2D eigenvalue weighted by Crippen LogP contribution is 2.26. The lowest BCUT2D eigenvalue weighted by Crippen LogP contribution is -2.41. The molecule has 1 aliphatic heterocycles. The minimum atomic E-state index is -2.97. The van der Waals surface area contributed by atoms with Gasteiger partial charge in [-0.3, -0.25) is 0 Å². The average Bonchev–Trinajstić information content (AvgIpc) is 2.60. The summed E-state index contributed by atoms with van der Waals surface area (Å²) in [6.45, 7) is 2.05. The average molecular weight is 384 g/mol. The maximum atomic E-state index is 13.1. The Morgan fingerprint density at radius 3 is 2.58 bits per heavy atom. The van der Waals surface area contributed by atoms with Crippen LogP contribution in [-0.4, -0.2) is 61.0 Å². The van der Waals surface area contributed by atoms with E-state index in [0.29, 0.717) is 17.9 Å². The number of rotatable bonds is 6. The fraction of sp³-hybridized carbons (Fsp3) is 0.529. The Hall–Kier alpha value is -1.87. The Bertz CT molecular complexity index is 868. The van der Waals surface area contributed by atoms with E-state index in [1.165, 1.54) is 6.26 Å². The van der Waals surface area contributed by atoms with Crippen molar-refractivity contribution < 1.29 is 17.2 Å². The summed E-state index contributed by atoms with van der Waals surface area (Å²) in [6, 6.07) is 7.20. The largest absolute Gasteiger partial charge is 0.367 e. The Morgan fingerprint density at radius 1 is 1.23 bits per heavy atom. The molecular formula is C17H22F2N4O2S. The van der Waals surface area contributed by atoms with Crippen molar-refractivity contribution in [1.82, 2.24) is 14.9 Å². The summed E-state index contributed by atoms with van der Waals surface area (Å²) in [4.78, 5) is 10.1. The van der Waals surface area contributed by atoms with Gasteiger partial charge in [0, 0.05) is 37.3 Å². The van der Waals surface area contributed by atoms with Crippen LogP contribution in [0.3, 0.4) is 0 Å². The first-order valence-electron chi connectivity index (χ1n) is 8.53. The lowest BCUT2D eigenvalue weighted by molar-refractivity contribution is 0.141. The van der Waals surface area contributed by atoms with Crippen LogP contribution >= 0.6 is 0 Å². The SMILES string of the molecule is CS(=O)(=O)CCN1CCC(Nc2nc(C(F)F)nc3ccccc23)CC1. The highest BCUT2D eigenvalue weighted by molar-refractivity contribution is 7.90. The van der Waals surface area contributed by atoms with E-state index in [2.05, 4.69) is 20.2 Å². The van der Waals surface area contributed by atoms with Gasteiger partial charge in [0.05, 0.1) is 11.3 Å². The molecule has 1 aromatic carbocycles. The summed E-state index contributed by atoms with van der Waals surface area (Å²) in [6.07, 6.45) is 0.110. The molecule has 3 rings (SSSR count). The third-order valence-corrected chi connectivity index (χ3v) is 5.45. The number of hydrogen-bond donors (Lipinski definition) is 1. The molecule has 0 unspecified atom stereocenters. The Balaban J connectivity index is 1.68.